The van der Waals surface area contributed by atoms with E-state index in [4.69, 9.17) is 22.6 Å². The van der Waals surface area contributed by atoms with Gasteiger partial charge in [-0.15, -0.1) is 0 Å². The van der Waals surface area contributed by atoms with Crippen molar-refractivity contribution in [2.75, 3.05) is 13.2 Å². The Balaban J connectivity index is 2.25. The van der Waals surface area contributed by atoms with Crippen molar-refractivity contribution in [3.8, 4) is 11.5 Å². The van der Waals surface area contributed by atoms with Crippen LogP contribution in [-0.2, 0) is 22.7 Å². The molecule has 0 heterocycles. The van der Waals surface area contributed by atoms with Gasteiger partial charge in [0.25, 0.3) is 0 Å². The molecule has 0 aliphatic rings. The van der Waals surface area contributed by atoms with Crippen LogP contribution in [0.15, 0.2) is 84.5 Å². The molecule has 0 amide bonds. The molecule has 0 spiro atoms. The maximum atomic E-state index is 13.4. The van der Waals surface area contributed by atoms with Crippen LogP contribution in [-0.4, -0.2) is 13.2 Å². The number of allylic oxidation sites excluding steroid dienone is 1. The van der Waals surface area contributed by atoms with Crippen molar-refractivity contribution in [1.82, 2.24) is 0 Å². The van der Waals surface area contributed by atoms with Gasteiger partial charge in [-0.05, 0) is 44.2 Å². The highest BCUT2D eigenvalue weighted by Crippen LogP contribution is 2.61. The summed E-state index contributed by atoms with van der Waals surface area (Å²) in [5.41, 5.74) is 0. The van der Waals surface area contributed by atoms with E-state index in [-0.39, 0.29) is 19.0 Å². The third-order valence-electron chi connectivity index (χ3n) is 3.21. The number of para-hydroxylation sites is 2. The van der Waals surface area contributed by atoms with E-state index in [1.807, 2.05) is 12.1 Å². The smallest absolute Gasteiger partial charge is 0.408 e. The molecule has 0 fully saturated rings. The monoisotopic (exact) mass is 470 g/mol. The second kappa shape index (κ2) is 12.0. The Kier molecular flexibility index (Phi) is 9.76. The normalized spacial score (nSPS) is 12.3. The third kappa shape index (κ3) is 8.05. The van der Waals surface area contributed by atoms with E-state index in [1.165, 1.54) is 11.5 Å². The lowest BCUT2D eigenvalue weighted by Crippen LogP contribution is -2.00. The van der Waals surface area contributed by atoms with Crippen molar-refractivity contribution >= 4 is 26.0 Å². The number of benzene rings is 2. The summed E-state index contributed by atoms with van der Waals surface area (Å²) in [6, 6.07) is 17.3. The number of rotatable bonds is 13. The van der Waals surface area contributed by atoms with Crippen molar-refractivity contribution in [2.45, 2.75) is 13.8 Å². The van der Waals surface area contributed by atoms with Crippen LogP contribution in [0, 0.1) is 0 Å². The molecule has 0 aliphatic heterocycles. The minimum Gasteiger partial charge on any atom is -0.408 e. The average molecular weight is 470 g/mol. The van der Waals surface area contributed by atoms with Crippen LogP contribution in [0.3, 0.4) is 0 Å². The Bertz CT molecular complexity index is 864. The van der Waals surface area contributed by atoms with E-state index in [0.29, 0.717) is 11.5 Å². The van der Waals surface area contributed by atoms with Gasteiger partial charge in [0.15, 0.2) is 0 Å². The molecule has 0 atom stereocenters. The quantitative estimate of drug-likeness (QED) is 0.173. The van der Waals surface area contributed by atoms with Gasteiger partial charge >= 0.3 is 14.6 Å². The van der Waals surface area contributed by atoms with E-state index in [2.05, 4.69) is 6.58 Å². The highest BCUT2D eigenvalue weighted by atomic mass is 32.7. The summed E-state index contributed by atoms with van der Waals surface area (Å²) >= 11 is 0.744. The lowest BCUT2D eigenvalue weighted by molar-refractivity contribution is 0.148. The molecule has 0 bridgehead atoms. The lowest BCUT2D eigenvalue weighted by atomic mass is 10.3. The molecule has 30 heavy (non-hydrogen) atoms. The topological polar surface area (TPSA) is 80.3 Å². The van der Waals surface area contributed by atoms with Crippen LogP contribution < -0.4 is 9.05 Å². The molecule has 0 saturated heterocycles. The van der Waals surface area contributed by atoms with E-state index >= 15 is 0 Å². The third-order valence-corrected chi connectivity index (χ3v) is 7.80. The molecule has 10 heteroatoms. The van der Waals surface area contributed by atoms with Crippen molar-refractivity contribution in [2.24, 2.45) is 0 Å². The molecule has 0 N–H and O–H groups in total. The van der Waals surface area contributed by atoms with Crippen LogP contribution in [0.1, 0.15) is 13.8 Å². The first-order chi connectivity index (χ1) is 14.4. The fourth-order valence-electron chi connectivity index (χ4n) is 2.04. The first-order valence-electron chi connectivity index (χ1n) is 9.11. The zero-order valence-corrected chi connectivity index (χ0v) is 19.3. The minimum absolute atomic E-state index is 0.0405. The maximum Gasteiger partial charge on any atom is 0.530 e. The average Bonchev–Trinajstić information content (AvgIpc) is 2.73. The first-order valence-corrected chi connectivity index (χ1v) is 13.6. The van der Waals surface area contributed by atoms with Gasteiger partial charge < -0.3 is 13.6 Å². The molecule has 0 unspecified atom stereocenters. The Hall–Kier alpha value is -1.95. The number of hydrogen-bond acceptors (Lipinski definition) is 8. The summed E-state index contributed by atoms with van der Waals surface area (Å²) in [6.45, 7) is 3.42. The lowest BCUT2D eigenvalue weighted by Gasteiger charge is -2.19. The van der Waals surface area contributed by atoms with E-state index in [9.17, 15) is 9.13 Å². The predicted octanol–water partition coefficient (Wildman–Crippen LogP) is 7.21. The van der Waals surface area contributed by atoms with Gasteiger partial charge in [-0.25, -0.2) is 9.13 Å². The molecule has 162 valence electrons. The van der Waals surface area contributed by atoms with Gasteiger partial charge in [0.2, 0.25) is 0 Å². The molecule has 2 aromatic rings. The first kappa shape index (κ1) is 24.3. The minimum atomic E-state index is -3.83. The fourth-order valence-corrected chi connectivity index (χ4v) is 6.04. The maximum absolute atomic E-state index is 13.4. The van der Waals surface area contributed by atoms with Gasteiger partial charge in [0, 0.05) is 16.8 Å². The molecule has 0 radical (unpaired) electrons. The summed E-state index contributed by atoms with van der Waals surface area (Å²) in [7, 11) is -3.83. The van der Waals surface area contributed by atoms with Crippen LogP contribution in [0.5, 0.6) is 11.5 Å². The van der Waals surface area contributed by atoms with Crippen LogP contribution in [0.4, 0.5) is 0 Å². The molecule has 7 nitrogen and oxygen atoms in total. The Morgan fingerprint density at radius 1 is 0.900 bits per heavy atom. The van der Waals surface area contributed by atoms with Gasteiger partial charge in [0.05, 0.1) is 13.2 Å². The molecular weight excluding hydrogens is 446 g/mol. The summed E-state index contributed by atoms with van der Waals surface area (Å²) in [5.74, 6) is 0.778. The predicted molar refractivity (Wildman–Crippen MR) is 120 cm³/mol. The van der Waals surface area contributed by atoms with E-state index in [1.54, 1.807) is 62.4 Å². The largest absolute Gasteiger partial charge is 0.530 e. The van der Waals surface area contributed by atoms with Crippen LogP contribution >= 0.6 is 26.0 Å². The molecule has 0 aromatic heterocycles. The SMILES string of the molecule is C=C/C(=C/SP(=O)(Oc1ccccc1)Oc1ccccc1)OP(=O)(OCC)OCC. The van der Waals surface area contributed by atoms with Gasteiger partial charge in [-0.3, -0.25) is 9.05 Å². The van der Waals surface area contributed by atoms with Crippen molar-refractivity contribution < 1.29 is 31.7 Å². The second-order valence-electron chi connectivity index (χ2n) is 5.46. The van der Waals surface area contributed by atoms with Crippen molar-refractivity contribution in [3.63, 3.8) is 0 Å². The van der Waals surface area contributed by atoms with Gasteiger partial charge in [0.1, 0.15) is 17.3 Å². The second-order valence-corrected chi connectivity index (χ2v) is 10.7. The Morgan fingerprint density at radius 2 is 1.37 bits per heavy atom. The van der Waals surface area contributed by atoms with Crippen molar-refractivity contribution in [3.05, 3.63) is 84.5 Å². The number of hydrogen-bond donors (Lipinski definition) is 0. The Morgan fingerprint density at radius 3 is 1.77 bits per heavy atom. The van der Waals surface area contributed by atoms with Crippen LogP contribution in [0.2, 0.25) is 0 Å². The summed E-state index contributed by atoms with van der Waals surface area (Å²) in [4.78, 5) is 0. The number of phosphoric acid groups is 1. The fraction of sp³-hybridized carbons (Fsp3) is 0.200. The Labute approximate surface area is 180 Å². The summed E-state index contributed by atoms with van der Waals surface area (Å²) in [5, 5.41) is 1.34. The van der Waals surface area contributed by atoms with Gasteiger partial charge in [-0.1, -0.05) is 43.0 Å². The summed E-state index contributed by atoms with van der Waals surface area (Å²) < 4.78 is 52.9. The molecular formula is C20H24O7P2S. The molecule has 2 rings (SSSR count). The zero-order valence-electron chi connectivity index (χ0n) is 16.7. The highest BCUT2D eigenvalue weighted by Gasteiger charge is 2.31. The summed E-state index contributed by atoms with van der Waals surface area (Å²) in [6.07, 6.45) is 1.30. The zero-order chi connectivity index (χ0) is 21.9. The van der Waals surface area contributed by atoms with Gasteiger partial charge in [-0.2, -0.15) is 0 Å². The highest BCUT2D eigenvalue weighted by molar-refractivity contribution is 8.56. The van der Waals surface area contributed by atoms with E-state index in [0.717, 1.165) is 11.4 Å². The van der Waals surface area contributed by atoms with Crippen LogP contribution in [0.25, 0.3) is 0 Å². The number of phosphoric ester groups is 1. The van der Waals surface area contributed by atoms with Crippen molar-refractivity contribution in [1.29, 1.82) is 0 Å². The van der Waals surface area contributed by atoms with E-state index < -0.39 is 14.6 Å². The standard InChI is InChI=1S/C20H24O7P2S/c1-4-18(25-28(21,23-5-2)24-6-3)17-30-29(22,26-19-13-9-7-10-14-19)27-20-15-11-8-12-16-20/h4,7-17H,1,5-6H2,2-3H3/b18-17-. The molecule has 2 aromatic carbocycles. The molecule has 0 aliphatic carbocycles. The molecule has 0 saturated carbocycles.